The molecule has 0 aliphatic heterocycles. The van der Waals surface area contributed by atoms with Gasteiger partial charge < -0.3 is 10.5 Å². The summed E-state index contributed by atoms with van der Waals surface area (Å²) in [7, 11) is 1.27. The molecule has 0 bridgehead atoms. The van der Waals surface area contributed by atoms with Crippen LogP contribution in [0.25, 0.3) is 0 Å². The smallest absolute Gasteiger partial charge is 0.323 e. The number of hydrogen-bond acceptors (Lipinski definition) is 7. The fraction of sp³-hybridized carbons (Fsp3) is 0.286. The number of nitrogens with zero attached hydrogens (tertiary/aromatic N) is 3. The Labute approximate surface area is 147 Å². The summed E-state index contributed by atoms with van der Waals surface area (Å²) >= 11 is 7.63. The number of imidazole rings is 1. The Morgan fingerprint density at radius 3 is 2.75 bits per heavy atom. The third kappa shape index (κ3) is 4.47. The van der Waals surface area contributed by atoms with E-state index in [9.17, 15) is 14.9 Å². The minimum atomic E-state index is -0.806. The van der Waals surface area contributed by atoms with Gasteiger partial charge in [0.1, 0.15) is 11.9 Å². The lowest BCUT2D eigenvalue weighted by atomic mass is 10.2. The molecule has 0 saturated heterocycles. The SMILES string of the molecule is COC(=O)[C@@H](N)Cc1cnc(CSc2ccc([N+](=O)[O-])cc2)n1Cl. The van der Waals surface area contributed by atoms with E-state index in [2.05, 4.69) is 9.72 Å². The molecular formula is C14H15ClN4O4S. The maximum absolute atomic E-state index is 11.3. The number of ether oxygens (including phenoxy) is 1. The second-order valence-electron chi connectivity index (χ2n) is 4.82. The summed E-state index contributed by atoms with van der Waals surface area (Å²) in [6.07, 6.45) is 1.77. The van der Waals surface area contributed by atoms with Crippen LogP contribution >= 0.6 is 23.5 Å². The first kappa shape index (κ1) is 18.2. The Bertz CT molecular complexity index is 735. The topological polar surface area (TPSA) is 113 Å². The zero-order valence-corrected chi connectivity index (χ0v) is 14.3. The lowest BCUT2D eigenvalue weighted by Crippen LogP contribution is -2.34. The van der Waals surface area contributed by atoms with Crippen molar-refractivity contribution in [2.45, 2.75) is 23.1 Å². The van der Waals surface area contributed by atoms with E-state index in [0.717, 1.165) is 4.90 Å². The van der Waals surface area contributed by atoms with Crippen LogP contribution in [0.3, 0.4) is 0 Å². The van der Waals surface area contributed by atoms with Crippen molar-refractivity contribution in [1.29, 1.82) is 0 Å². The predicted molar refractivity (Wildman–Crippen MR) is 89.8 cm³/mol. The number of carbonyl (C=O) groups excluding carboxylic acids is 1. The third-order valence-electron chi connectivity index (χ3n) is 3.19. The van der Waals surface area contributed by atoms with Crippen LogP contribution in [0, 0.1) is 10.1 Å². The fourth-order valence-electron chi connectivity index (χ4n) is 1.91. The van der Waals surface area contributed by atoms with Crippen molar-refractivity contribution < 1.29 is 14.5 Å². The molecule has 1 heterocycles. The minimum Gasteiger partial charge on any atom is -0.468 e. The number of nitrogens with two attached hydrogens (primary N) is 1. The molecule has 0 amide bonds. The molecule has 1 atom stereocenters. The average molecular weight is 371 g/mol. The Balaban J connectivity index is 1.98. The van der Waals surface area contributed by atoms with Crippen molar-refractivity contribution in [2.75, 3.05) is 7.11 Å². The van der Waals surface area contributed by atoms with Crippen molar-refractivity contribution in [3.8, 4) is 0 Å². The van der Waals surface area contributed by atoms with Gasteiger partial charge in [0.05, 0.1) is 29.7 Å². The molecule has 2 rings (SSSR count). The lowest BCUT2D eigenvalue weighted by molar-refractivity contribution is -0.384. The molecule has 1 aromatic carbocycles. The zero-order chi connectivity index (χ0) is 17.7. The van der Waals surface area contributed by atoms with Gasteiger partial charge in [0.2, 0.25) is 0 Å². The van der Waals surface area contributed by atoms with Gasteiger partial charge in [-0.2, -0.15) is 0 Å². The number of non-ortho nitro benzene ring substituents is 1. The van der Waals surface area contributed by atoms with Crippen LogP contribution < -0.4 is 5.73 Å². The number of halogens is 1. The van der Waals surface area contributed by atoms with Crippen molar-refractivity contribution in [2.24, 2.45) is 5.73 Å². The van der Waals surface area contributed by atoms with E-state index < -0.39 is 16.9 Å². The van der Waals surface area contributed by atoms with E-state index in [0.29, 0.717) is 17.3 Å². The Kier molecular flexibility index (Phi) is 6.18. The van der Waals surface area contributed by atoms with E-state index in [-0.39, 0.29) is 12.1 Å². The molecule has 10 heteroatoms. The monoisotopic (exact) mass is 370 g/mol. The molecule has 0 radical (unpaired) electrons. The van der Waals surface area contributed by atoms with Gasteiger partial charge in [-0.3, -0.25) is 14.9 Å². The normalized spacial score (nSPS) is 12.0. The van der Waals surface area contributed by atoms with Crippen molar-refractivity contribution >= 4 is 35.2 Å². The molecule has 0 aliphatic rings. The summed E-state index contributed by atoms with van der Waals surface area (Å²) in [6, 6.07) is 5.41. The first-order valence-corrected chi connectivity index (χ1v) is 8.17. The summed E-state index contributed by atoms with van der Waals surface area (Å²) in [5.74, 6) is 0.538. The van der Waals surface area contributed by atoms with Crippen LogP contribution in [-0.4, -0.2) is 33.1 Å². The Morgan fingerprint density at radius 1 is 1.50 bits per heavy atom. The molecule has 0 spiro atoms. The van der Waals surface area contributed by atoms with Gasteiger partial charge in [0, 0.05) is 35.2 Å². The van der Waals surface area contributed by atoms with E-state index >= 15 is 0 Å². The van der Waals surface area contributed by atoms with Gasteiger partial charge in [-0.05, 0) is 12.1 Å². The number of hydrogen-bond donors (Lipinski definition) is 1. The first-order valence-electron chi connectivity index (χ1n) is 6.84. The van der Waals surface area contributed by atoms with Crippen LogP contribution in [0.15, 0.2) is 35.4 Å². The largest absolute Gasteiger partial charge is 0.468 e. The zero-order valence-electron chi connectivity index (χ0n) is 12.7. The number of methoxy groups -OCH3 is 1. The van der Waals surface area contributed by atoms with E-state index in [1.165, 1.54) is 35.1 Å². The quantitative estimate of drug-likeness (QED) is 0.343. The van der Waals surface area contributed by atoms with Gasteiger partial charge in [-0.1, -0.05) is 0 Å². The summed E-state index contributed by atoms with van der Waals surface area (Å²) < 4.78 is 5.94. The molecule has 2 N–H and O–H groups in total. The number of rotatable bonds is 7. The molecule has 0 unspecified atom stereocenters. The van der Waals surface area contributed by atoms with Gasteiger partial charge in [0.15, 0.2) is 0 Å². The van der Waals surface area contributed by atoms with Crippen LogP contribution in [0.2, 0.25) is 0 Å². The van der Waals surface area contributed by atoms with E-state index in [1.807, 2.05) is 0 Å². The highest BCUT2D eigenvalue weighted by Gasteiger charge is 2.18. The van der Waals surface area contributed by atoms with E-state index in [4.69, 9.17) is 17.5 Å². The highest BCUT2D eigenvalue weighted by molar-refractivity contribution is 7.98. The van der Waals surface area contributed by atoms with Crippen molar-refractivity contribution in [3.05, 3.63) is 52.1 Å². The summed E-state index contributed by atoms with van der Waals surface area (Å²) in [5, 5.41) is 10.6. The molecule has 8 nitrogen and oxygen atoms in total. The Hall–Kier alpha value is -2.10. The molecule has 24 heavy (non-hydrogen) atoms. The first-order chi connectivity index (χ1) is 11.4. The number of aromatic nitrogens is 2. The number of thioether (sulfide) groups is 1. The minimum absolute atomic E-state index is 0.0391. The number of nitro groups is 1. The van der Waals surface area contributed by atoms with E-state index in [1.54, 1.807) is 18.3 Å². The molecule has 0 saturated carbocycles. The summed E-state index contributed by atoms with van der Waals surface area (Å²) in [4.78, 5) is 26.6. The number of nitro benzene ring substituents is 1. The maximum Gasteiger partial charge on any atom is 0.323 e. The van der Waals surface area contributed by atoms with Crippen molar-refractivity contribution in [3.63, 3.8) is 0 Å². The van der Waals surface area contributed by atoms with Crippen LogP contribution in [0.1, 0.15) is 11.5 Å². The molecule has 0 fully saturated rings. The molecule has 1 aromatic heterocycles. The van der Waals surface area contributed by atoms with Crippen LogP contribution in [0.5, 0.6) is 0 Å². The number of esters is 1. The molecule has 2 aromatic rings. The fourth-order valence-corrected chi connectivity index (χ4v) is 3.03. The molecule has 128 valence electrons. The highest BCUT2D eigenvalue weighted by atomic mass is 35.5. The second kappa shape index (κ2) is 8.13. The maximum atomic E-state index is 11.3. The lowest BCUT2D eigenvalue weighted by Gasteiger charge is -2.09. The van der Waals surface area contributed by atoms with Gasteiger partial charge in [-0.15, -0.1) is 11.8 Å². The van der Waals surface area contributed by atoms with Crippen LogP contribution in [0.4, 0.5) is 5.69 Å². The second-order valence-corrected chi connectivity index (χ2v) is 6.21. The summed E-state index contributed by atoms with van der Waals surface area (Å²) in [6.45, 7) is 0. The van der Waals surface area contributed by atoms with Gasteiger partial charge in [-0.25, -0.2) is 9.07 Å². The predicted octanol–water partition coefficient (Wildman–Crippen LogP) is 2.13. The average Bonchev–Trinajstić information content (AvgIpc) is 2.92. The highest BCUT2D eigenvalue weighted by Crippen LogP contribution is 2.25. The standard InChI is InChI=1S/C14H15ClN4O4S/c1-23-14(20)12(16)6-10-7-17-13(18(10)15)8-24-11-4-2-9(3-5-11)19(21)22/h2-5,7,12H,6,8,16H2,1H3/t12-/m0/s1. The number of benzene rings is 1. The van der Waals surface area contributed by atoms with Crippen LogP contribution in [-0.2, 0) is 21.7 Å². The van der Waals surface area contributed by atoms with Gasteiger partial charge in [0.25, 0.3) is 5.69 Å². The third-order valence-corrected chi connectivity index (χ3v) is 4.61. The molecule has 0 aliphatic carbocycles. The Morgan fingerprint density at radius 2 is 2.17 bits per heavy atom. The van der Waals surface area contributed by atoms with Crippen molar-refractivity contribution in [1.82, 2.24) is 9.07 Å². The molecular weight excluding hydrogens is 356 g/mol. The van der Waals surface area contributed by atoms with Gasteiger partial charge >= 0.3 is 5.97 Å². The summed E-state index contributed by atoms with van der Waals surface area (Å²) in [5.41, 5.74) is 6.35. The number of carbonyl (C=O) groups is 1.